The standard InChI is InChI=1S/C19H21N2O.BrH/c1-16-17(2)21(22-14-19-11-7-4-8-12-19)15-20(16)13-18-9-5-3-6-10-18;/h3-12,15H,13-14H2,1-2H3;1H/q+1;/p-1. The van der Waals surface area contributed by atoms with E-state index in [1.807, 2.05) is 35.3 Å². The maximum absolute atomic E-state index is 5.92. The number of benzene rings is 2. The van der Waals surface area contributed by atoms with Crippen LogP contribution in [0.3, 0.4) is 0 Å². The number of hydrogen-bond donors (Lipinski definition) is 0. The van der Waals surface area contributed by atoms with Crippen LogP contribution in [0.5, 0.6) is 0 Å². The molecule has 0 aliphatic rings. The van der Waals surface area contributed by atoms with Crippen LogP contribution in [0.1, 0.15) is 22.5 Å². The van der Waals surface area contributed by atoms with Crippen molar-refractivity contribution in [3.63, 3.8) is 0 Å². The van der Waals surface area contributed by atoms with Crippen LogP contribution in [0.15, 0.2) is 67.0 Å². The van der Waals surface area contributed by atoms with E-state index in [1.165, 1.54) is 16.8 Å². The van der Waals surface area contributed by atoms with Crippen molar-refractivity contribution in [2.45, 2.75) is 27.0 Å². The van der Waals surface area contributed by atoms with Gasteiger partial charge in [0.1, 0.15) is 12.2 Å². The Hall–Kier alpha value is -2.07. The third kappa shape index (κ3) is 4.23. The number of aromatic nitrogens is 2. The largest absolute Gasteiger partial charge is 1.00 e. The Morgan fingerprint density at radius 3 is 2.04 bits per heavy atom. The van der Waals surface area contributed by atoms with Crippen LogP contribution in [0.2, 0.25) is 0 Å². The first-order valence-corrected chi connectivity index (χ1v) is 7.53. The summed E-state index contributed by atoms with van der Waals surface area (Å²) in [6.07, 6.45) is 2.03. The molecule has 23 heavy (non-hydrogen) atoms. The Balaban J connectivity index is 0.00000192. The van der Waals surface area contributed by atoms with Gasteiger partial charge in [-0.2, -0.15) is 0 Å². The van der Waals surface area contributed by atoms with Gasteiger partial charge in [-0.25, -0.2) is 4.57 Å². The molecule has 1 aromatic heterocycles. The van der Waals surface area contributed by atoms with Crippen molar-refractivity contribution in [1.82, 2.24) is 4.73 Å². The van der Waals surface area contributed by atoms with Crippen molar-refractivity contribution in [3.8, 4) is 0 Å². The second-order valence-corrected chi connectivity index (χ2v) is 5.48. The van der Waals surface area contributed by atoms with E-state index in [9.17, 15) is 0 Å². The van der Waals surface area contributed by atoms with Gasteiger partial charge in [0.05, 0.1) is 0 Å². The van der Waals surface area contributed by atoms with Gasteiger partial charge in [0, 0.05) is 13.8 Å². The molecule has 1 heterocycles. The van der Waals surface area contributed by atoms with Gasteiger partial charge in [-0.1, -0.05) is 60.7 Å². The molecule has 3 nitrogen and oxygen atoms in total. The van der Waals surface area contributed by atoms with Crippen molar-refractivity contribution in [1.29, 1.82) is 0 Å². The highest BCUT2D eigenvalue weighted by Gasteiger charge is 2.17. The van der Waals surface area contributed by atoms with E-state index in [1.54, 1.807) is 0 Å². The number of halogens is 1. The zero-order valence-electron chi connectivity index (χ0n) is 13.4. The summed E-state index contributed by atoms with van der Waals surface area (Å²) in [6, 6.07) is 20.7. The van der Waals surface area contributed by atoms with Crippen LogP contribution < -0.4 is 26.4 Å². The van der Waals surface area contributed by atoms with Crippen molar-refractivity contribution >= 4 is 0 Å². The zero-order chi connectivity index (χ0) is 15.4. The number of rotatable bonds is 5. The lowest BCUT2D eigenvalue weighted by atomic mass is 10.2. The van der Waals surface area contributed by atoms with Crippen LogP contribution in [-0.4, -0.2) is 4.73 Å². The molecule has 4 heteroatoms. The molecular weight excluding hydrogens is 352 g/mol. The summed E-state index contributed by atoms with van der Waals surface area (Å²) in [6.45, 7) is 5.64. The summed E-state index contributed by atoms with van der Waals surface area (Å²) in [7, 11) is 0. The van der Waals surface area contributed by atoms with Gasteiger partial charge in [-0.05, 0) is 15.9 Å². The molecular formula is C19H21BrN2O. The Morgan fingerprint density at radius 2 is 1.43 bits per heavy atom. The number of hydrogen-bond acceptors (Lipinski definition) is 1. The molecule has 0 saturated heterocycles. The summed E-state index contributed by atoms with van der Waals surface area (Å²) in [4.78, 5) is 5.92. The second kappa shape index (κ2) is 7.97. The highest BCUT2D eigenvalue weighted by molar-refractivity contribution is 5.14. The maximum Gasteiger partial charge on any atom is 0.285 e. The Kier molecular flexibility index (Phi) is 5.99. The zero-order valence-corrected chi connectivity index (χ0v) is 15.0. The SMILES string of the molecule is Cc1c(C)[n+](Cc2ccccc2)cn1OCc1ccccc1.[Br-]. The molecule has 0 unspecified atom stereocenters. The molecule has 0 aliphatic carbocycles. The molecule has 0 fully saturated rings. The van der Waals surface area contributed by atoms with E-state index >= 15 is 0 Å². The molecule has 120 valence electrons. The molecule has 0 atom stereocenters. The van der Waals surface area contributed by atoms with Crippen molar-refractivity contribution < 1.29 is 26.4 Å². The first kappa shape index (κ1) is 17.3. The first-order chi connectivity index (χ1) is 10.7. The Morgan fingerprint density at radius 1 is 0.870 bits per heavy atom. The normalized spacial score (nSPS) is 10.2. The van der Waals surface area contributed by atoms with E-state index in [2.05, 4.69) is 54.8 Å². The highest BCUT2D eigenvalue weighted by Crippen LogP contribution is 2.06. The minimum absolute atomic E-state index is 0. The van der Waals surface area contributed by atoms with Gasteiger partial charge in [0.2, 0.25) is 0 Å². The van der Waals surface area contributed by atoms with Crippen molar-refractivity contribution in [2.24, 2.45) is 0 Å². The molecule has 3 aromatic rings. The number of imidazole rings is 1. The molecule has 0 N–H and O–H groups in total. The summed E-state index contributed by atoms with van der Waals surface area (Å²) in [5.74, 6) is 0. The van der Waals surface area contributed by atoms with E-state index in [0.717, 1.165) is 12.2 Å². The third-order valence-corrected chi connectivity index (χ3v) is 3.94. The van der Waals surface area contributed by atoms with Crippen molar-refractivity contribution in [3.05, 3.63) is 89.5 Å². The molecule has 0 aliphatic heterocycles. The predicted molar refractivity (Wildman–Crippen MR) is 86.4 cm³/mol. The highest BCUT2D eigenvalue weighted by atomic mass is 79.9. The smallest absolute Gasteiger partial charge is 0.285 e. The molecule has 3 rings (SSSR count). The van der Waals surface area contributed by atoms with Crippen LogP contribution >= 0.6 is 0 Å². The van der Waals surface area contributed by atoms with E-state index < -0.39 is 0 Å². The average molecular weight is 373 g/mol. The fourth-order valence-electron chi connectivity index (χ4n) is 2.46. The fourth-order valence-corrected chi connectivity index (χ4v) is 2.46. The molecule has 0 amide bonds. The predicted octanol–water partition coefficient (Wildman–Crippen LogP) is 0.0735. The Labute approximate surface area is 147 Å². The topological polar surface area (TPSA) is 18.0 Å². The maximum atomic E-state index is 5.92. The Bertz CT molecular complexity index is 739. The first-order valence-electron chi connectivity index (χ1n) is 7.53. The minimum Gasteiger partial charge on any atom is -1.00 e. The number of nitrogens with zero attached hydrogens (tertiary/aromatic N) is 2. The second-order valence-electron chi connectivity index (χ2n) is 5.48. The molecule has 0 bridgehead atoms. The van der Waals surface area contributed by atoms with Gasteiger partial charge in [-0.3, -0.25) is 0 Å². The van der Waals surface area contributed by atoms with Gasteiger partial charge >= 0.3 is 0 Å². The van der Waals surface area contributed by atoms with E-state index in [-0.39, 0.29) is 17.0 Å². The van der Waals surface area contributed by atoms with Gasteiger partial charge < -0.3 is 21.8 Å². The third-order valence-electron chi connectivity index (χ3n) is 3.94. The molecule has 0 saturated carbocycles. The van der Waals surface area contributed by atoms with Gasteiger partial charge in [-0.15, -0.1) is 0 Å². The molecule has 2 aromatic carbocycles. The monoisotopic (exact) mass is 372 g/mol. The van der Waals surface area contributed by atoms with E-state index in [4.69, 9.17) is 4.84 Å². The van der Waals surface area contributed by atoms with Gasteiger partial charge in [0.25, 0.3) is 6.33 Å². The van der Waals surface area contributed by atoms with Crippen LogP contribution in [0.4, 0.5) is 0 Å². The molecule has 0 spiro atoms. The van der Waals surface area contributed by atoms with E-state index in [0.29, 0.717) is 6.61 Å². The average Bonchev–Trinajstić information content (AvgIpc) is 2.83. The van der Waals surface area contributed by atoms with Crippen LogP contribution in [0, 0.1) is 13.8 Å². The van der Waals surface area contributed by atoms with Crippen molar-refractivity contribution in [2.75, 3.05) is 0 Å². The quantitative estimate of drug-likeness (QED) is 0.579. The lowest BCUT2D eigenvalue weighted by molar-refractivity contribution is -0.694. The summed E-state index contributed by atoms with van der Waals surface area (Å²) >= 11 is 0. The van der Waals surface area contributed by atoms with Crippen LogP contribution in [-0.2, 0) is 13.2 Å². The lowest BCUT2D eigenvalue weighted by Gasteiger charge is -2.01. The van der Waals surface area contributed by atoms with Crippen LogP contribution in [0.25, 0.3) is 0 Å². The summed E-state index contributed by atoms with van der Waals surface area (Å²) in [5.41, 5.74) is 4.81. The fraction of sp³-hybridized carbons (Fsp3) is 0.211. The summed E-state index contributed by atoms with van der Waals surface area (Å²) < 4.78 is 4.08. The summed E-state index contributed by atoms with van der Waals surface area (Å²) in [5, 5.41) is 0. The minimum atomic E-state index is 0. The lowest BCUT2D eigenvalue weighted by Crippen LogP contribution is -3.00. The van der Waals surface area contributed by atoms with Gasteiger partial charge in [0.15, 0.2) is 12.3 Å². The molecule has 0 radical (unpaired) electrons.